The molecule has 0 saturated heterocycles. The van der Waals surface area contributed by atoms with Crippen LogP contribution in [-0.2, 0) is 0 Å². The molecular formula is C34H48P+. The van der Waals surface area contributed by atoms with Crippen molar-refractivity contribution in [3.63, 3.8) is 0 Å². The van der Waals surface area contributed by atoms with Gasteiger partial charge in [0.05, 0.1) is 6.16 Å². The van der Waals surface area contributed by atoms with E-state index in [4.69, 9.17) is 2.74 Å². The monoisotopic (exact) mass is 489 g/mol. The quantitative estimate of drug-likeness (QED) is 0.123. The molecule has 0 aliphatic carbocycles. The van der Waals surface area contributed by atoms with E-state index >= 15 is 0 Å². The Morgan fingerprint density at radius 3 is 1.20 bits per heavy atom. The molecule has 0 aliphatic rings. The van der Waals surface area contributed by atoms with Gasteiger partial charge in [-0.25, -0.2) is 0 Å². The molecule has 3 aromatic rings. The Balaban J connectivity index is 1.52. The molecule has 0 spiro atoms. The van der Waals surface area contributed by atoms with E-state index in [9.17, 15) is 0 Å². The minimum Gasteiger partial charge on any atom is -0.0654 e. The van der Waals surface area contributed by atoms with Crippen molar-refractivity contribution in [2.45, 2.75) is 96.8 Å². The van der Waals surface area contributed by atoms with Gasteiger partial charge in [-0.2, -0.15) is 0 Å². The first-order valence-corrected chi connectivity index (χ1v) is 16.1. The maximum atomic E-state index is 8.34. The molecule has 0 aliphatic heterocycles. The average Bonchev–Trinajstić information content (AvgIpc) is 2.94. The summed E-state index contributed by atoms with van der Waals surface area (Å²) in [6.07, 6.45) is 14.8. The van der Waals surface area contributed by atoms with Crippen molar-refractivity contribution in [1.29, 1.82) is 0 Å². The zero-order chi connectivity index (χ0) is 26.2. The van der Waals surface area contributed by atoms with Crippen molar-refractivity contribution in [1.82, 2.24) is 0 Å². The van der Waals surface area contributed by atoms with Crippen LogP contribution in [0.4, 0.5) is 0 Å². The minimum atomic E-state index is -1.70. The lowest BCUT2D eigenvalue weighted by Gasteiger charge is -2.27. The smallest absolute Gasteiger partial charge is 0.0654 e. The van der Waals surface area contributed by atoms with E-state index in [1.807, 2.05) is 0 Å². The Kier molecular flexibility index (Phi) is 11.8. The van der Waals surface area contributed by atoms with Gasteiger partial charge in [-0.1, -0.05) is 139 Å². The molecule has 3 aromatic carbocycles. The molecule has 0 atom stereocenters. The molecule has 0 nitrogen and oxygen atoms in total. The lowest BCUT2D eigenvalue weighted by atomic mass is 10.0. The van der Waals surface area contributed by atoms with Crippen molar-refractivity contribution < 1.29 is 2.74 Å². The Morgan fingerprint density at radius 1 is 0.457 bits per heavy atom. The van der Waals surface area contributed by atoms with Gasteiger partial charge in [0.1, 0.15) is 23.2 Å². The highest BCUT2D eigenvalue weighted by molar-refractivity contribution is 7.95. The molecule has 0 saturated carbocycles. The van der Waals surface area contributed by atoms with E-state index in [1.165, 1.54) is 73.4 Å². The molecule has 0 unspecified atom stereocenters. The van der Waals surface area contributed by atoms with Gasteiger partial charge in [0.25, 0.3) is 0 Å². The minimum absolute atomic E-state index is 0.728. The summed E-state index contributed by atoms with van der Waals surface area (Å²) in [5.74, 6) is 0. The second-order valence-electron chi connectivity index (χ2n) is 9.83. The summed E-state index contributed by atoms with van der Waals surface area (Å²) in [6, 6.07) is 33.6. The molecule has 0 aromatic heterocycles. The number of rotatable bonds is 18. The molecule has 35 heavy (non-hydrogen) atoms. The van der Waals surface area contributed by atoms with Gasteiger partial charge in [0, 0.05) is 2.74 Å². The first-order chi connectivity index (χ1) is 18.1. The Labute approximate surface area is 219 Å². The van der Waals surface area contributed by atoms with Crippen LogP contribution in [0.3, 0.4) is 0 Å². The molecule has 0 bridgehead atoms. The highest BCUT2D eigenvalue weighted by Gasteiger charge is 2.44. The third kappa shape index (κ3) is 8.91. The second-order valence-corrected chi connectivity index (χ2v) is 13.4. The molecule has 0 heterocycles. The summed E-state index contributed by atoms with van der Waals surface area (Å²) in [4.78, 5) is 0. The Hall–Kier alpha value is -1.91. The summed E-state index contributed by atoms with van der Waals surface area (Å²) in [5, 5.41) is 4.43. The van der Waals surface area contributed by atoms with Crippen molar-refractivity contribution in [3.05, 3.63) is 91.0 Å². The SMILES string of the molecule is [2H]C([2H])(CCCCCCC)CCCCCCCC[P+](c1ccccc1)(c1ccccc1)c1ccccc1. The number of benzene rings is 3. The van der Waals surface area contributed by atoms with Crippen LogP contribution >= 0.6 is 7.26 Å². The van der Waals surface area contributed by atoms with Gasteiger partial charge in [-0.3, -0.25) is 0 Å². The van der Waals surface area contributed by atoms with Gasteiger partial charge in [0.2, 0.25) is 0 Å². The second kappa shape index (κ2) is 16.7. The standard InChI is InChI=1S/C34H48P/c1-2-3-4-5-6-7-8-9-10-11-12-13-14-24-31-35(32-25-18-15-19-26-32,33-27-20-16-21-28-33)34-29-22-17-23-30-34/h15-23,25-30H,2-14,24,31H2,1H3/q+1/i8D2. The van der Waals surface area contributed by atoms with Crippen molar-refractivity contribution >= 4 is 23.2 Å². The van der Waals surface area contributed by atoms with Crippen LogP contribution in [0, 0.1) is 0 Å². The number of unbranched alkanes of at least 4 members (excludes halogenated alkanes) is 9. The summed E-state index contributed by atoms with van der Waals surface area (Å²) >= 11 is 0. The van der Waals surface area contributed by atoms with E-state index < -0.39 is 13.6 Å². The third-order valence-electron chi connectivity index (χ3n) is 7.15. The maximum Gasteiger partial charge on any atom is 0.112 e. The van der Waals surface area contributed by atoms with E-state index in [2.05, 4.69) is 97.9 Å². The van der Waals surface area contributed by atoms with Gasteiger partial charge in [0.15, 0.2) is 0 Å². The van der Waals surface area contributed by atoms with E-state index in [0.717, 1.165) is 32.1 Å². The van der Waals surface area contributed by atoms with Crippen molar-refractivity contribution in [2.24, 2.45) is 0 Å². The van der Waals surface area contributed by atoms with E-state index in [1.54, 1.807) is 0 Å². The molecule has 1 heteroatoms. The van der Waals surface area contributed by atoms with E-state index in [-0.39, 0.29) is 0 Å². The summed E-state index contributed by atoms with van der Waals surface area (Å²) in [5.41, 5.74) is 0. The fraction of sp³-hybridized carbons (Fsp3) is 0.471. The normalized spacial score (nSPS) is 12.8. The molecule has 188 valence electrons. The Bertz CT molecular complexity index is 876. The molecule has 0 N–H and O–H groups in total. The fourth-order valence-corrected chi connectivity index (χ4v) is 9.58. The molecule has 3 rings (SSSR count). The van der Waals surface area contributed by atoms with Crippen LogP contribution in [0.2, 0.25) is 0 Å². The average molecular weight is 490 g/mol. The highest BCUT2D eigenvalue weighted by atomic mass is 31.2. The molecule has 0 amide bonds. The van der Waals surface area contributed by atoms with Crippen LogP contribution < -0.4 is 15.9 Å². The largest absolute Gasteiger partial charge is 0.112 e. The Morgan fingerprint density at radius 2 is 0.800 bits per heavy atom. The summed E-state index contributed by atoms with van der Waals surface area (Å²) in [6.45, 7) is 2.23. The van der Waals surface area contributed by atoms with Crippen LogP contribution in [0.25, 0.3) is 0 Å². The predicted molar refractivity (Wildman–Crippen MR) is 160 cm³/mol. The first kappa shape index (κ1) is 24.8. The zero-order valence-electron chi connectivity index (χ0n) is 24.0. The summed E-state index contributed by atoms with van der Waals surface area (Å²) in [7, 11) is -1.70. The number of hydrogen-bond donors (Lipinski definition) is 0. The van der Waals surface area contributed by atoms with Crippen molar-refractivity contribution in [3.8, 4) is 0 Å². The zero-order valence-corrected chi connectivity index (χ0v) is 22.9. The van der Waals surface area contributed by atoms with Crippen LogP contribution in [0.15, 0.2) is 91.0 Å². The van der Waals surface area contributed by atoms with E-state index in [0.29, 0.717) is 0 Å². The van der Waals surface area contributed by atoms with Gasteiger partial charge < -0.3 is 0 Å². The summed E-state index contributed by atoms with van der Waals surface area (Å²) < 4.78 is 16.7. The predicted octanol–water partition coefficient (Wildman–Crippen LogP) is 9.46. The van der Waals surface area contributed by atoms with Gasteiger partial charge in [-0.05, 0) is 49.2 Å². The number of hydrogen-bond acceptors (Lipinski definition) is 0. The van der Waals surface area contributed by atoms with Crippen molar-refractivity contribution in [2.75, 3.05) is 6.16 Å². The lowest BCUT2D eigenvalue weighted by molar-refractivity contribution is 0.538. The third-order valence-corrected chi connectivity index (χ3v) is 11.7. The fourth-order valence-electron chi connectivity index (χ4n) is 5.17. The topological polar surface area (TPSA) is 0 Å². The van der Waals surface area contributed by atoms with Crippen LogP contribution in [-0.4, -0.2) is 6.16 Å². The first-order valence-electron chi connectivity index (χ1n) is 15.1. The molecule has 0 radical (unpaired) electrons. The lowest BCUT2D eigenvalue weighted by Crippen LogP contribution is -2.33. The van der Waals surface area contributed by atoms with Crippen LogP contribution in [0.1, 0.15) is 99.5 Å². The highest BCUT2D eigenvalue weighted by Crippen LogP contribution is 2.56. The maximum absolute atomic E-state index is 8.34. The molecule has 0 fully saturated rings. The van der Waals surface area contributed by atoms with Gasteiger partial charge >= 0.3 is 0 Å². The molecular weight excluding hydrogens is 439 g/mol. The van der Waals surface area contributed by atoms with Crippen LogP contribution in [0.5, 0.6) is 0 Å². The van der Waals surface area contributed by atoms with Gasteiger partial charge in [-0.15, -0.1) is 0 Å².